The monoisotopic (exact) mass is 225 g/mol. The molecule has 0 aliphatic carbocycles. The molecule has 17 heavy (non-hydrogen) atoms. The van der Waals surface area contributed by atoms with E-state index in [1.54, 1.807) is 6.20 Å². The minimum absolute atomic E-state index is 0.355. The Morgan fingerprint density at radius 3 is 3.12 bits per heavy atom. The molecule has 1 aliphatic rings. The van der Waals surface area contributed by atoms with Crippen LogP contribution in [0.5, 0.6) is 0 Å². The lowest BCUT2D eigenvalue weighted by atomic mass is 9.93. The molecule has 1 aromatic carbocycles. The molecule has 1 unspecified atom stereocenters. The zero-order valence-corrected chi connectivity index (χ0v) is 9.61. The lowest BCUT2D eigenvalue weighted by Gasteiger charge is -2.12. The van der Waals surface area contributed by atoms with Crippen molar-refractivity contribution in [2.24, 2.45) is 5.92 Å². The summed E-state index contributed by atoms with van der Waals surface area (Å²) in [6.45, 7) is 1.96. The van der Waals surface area contributed by atoms with Gasteiger partial charge in [0.2, 0.25) is 0 Å². The third kappa shape index (κ3) is 1.83. The summed E-state index contributed by atoms with van der Waals surface area (Å²) in [5.74, 6) is 0.355. The SMILES string of the molecule is N=C(c1cccc2cnccc12)C1CCNC1. The molecule has 2 heterocycles. The number of nitrogens with one attached hydrogen (secondary N) is 2. The quantitative estimate of drug-likeness (QED) is 0.770. The van der Waals surface area contributed by atoms with Crippen LogP contribution in [0.3, 0.4) is 0 Å². The average molecular weight is 225 g/mol. The fraction of sp³-hybridized carbons (Fsp3) is 0.286. The lowest BCUT2D eigenvalue weighted by Crippen LogP contribution is -2.18. The highest BCUT2D eigenvalue weighted by Gasteiger charge is 2.21. The molecular weight excluding hydrogens is 210 g/mol. The van der Waals surface area contributed by atoms with E-state index in [9.17, 15) is 0 Å². The van der Waals surface area contributed by atoms with Crippen molar-refractivity contribution >= 4 is 16.5 Å². The Balaban J connectivity index is 2.07. The molecule has 0 saturated carbocycles. The Hall–Kier alpha value is -1.74. The average Bonchev–Trinajstić information content (AvgIpc) is 2.91. The summed E-state index contributed by atoms with van der Waals surface area (Å²) in [4.78, 5) is 4.13. The second kappa shape index (κ2) is 4.26. The summed E-state index contributed by atoms with van der Waals surface area (Å²) < 4.78 is 0. The smallest absolute Gasteiger partial charge is 0.0436 e. The van der Waals surface area contributed by atoms with Gasteiger partial charge in [-0.25, -0.2) is 0 Å². The van der Waals surface area contributed by atoms with E-state index in [2.05, 4.69) is 10.3 Å². The van der Waals surface area contributed by atoms with Gasteiger partial charge in [0.15, 0.2) is 0 Å². The van der Waals surface area contributed by atoms with Gasteiger partial charge in [-0.05, 0) is 24.4 Å². The topological polar surface area (TPSA) is 48.8 Å². The second-order valence-corrected chi connectivity index (χ2v) is 4.51. The van der Waals surface area contributed by atoms with E-state index >= 15 is 0 Å². The number of aromatic nitrogens is 1. The van der Waals surface area contributed by atoms with Gasteiger partial charge in [0.1, 0.15) is 0 Å². The highest BCUT2D eigenvalue weighted by atomic mass is 14.9. The minimum atomic E-state index is 0.355. The van der Waals surface area contributed by atoms with Gasteiger partial charge in [0.05, 0.1) is 0 Å². The van der Waals surface area contributed by atoms with Crippen molar-refractivity contribution in [2.75, 3.05) is 13.1 Å². The van der Waals surface area contributed by atoms with Crippen molar-refractivity contribution in [3.63, 3.8) is 0 Å². The molecule has 1 aliphatic heterocycles. The maximum atomic E-state index is 8.35. The van der Waals surface area contributed by atoms with Crippen LogP contribution in [-0.2, 0) is 0 Å². The zero-order chi connectivity index (χ0) is 11.7. The van der Waals surface area contributed by atoms with Gasteiger partial charge in [-0.2, -0.15) is 0 Å². The van der Waals surface area contributed by atoms with Crippen molar-refractivity contribution in [1.82, 2.24) is 10.3 Å². The van der Waals surface area contributed by atoms with Gasteiger partial charge in [0.25, 0.3) is 0 Å². The Labute approximate surface area is 100 Å². The predicted octanol–water partition coefficient (Wildman–Crippen LogP) is 2.21. The lowest BCUT2D eigenvalue weighted by molar-refractivity contribution is 0.768. The number of nitrogens with zero attached hydrogens (tertiary/aromatic N) is 1. The maximum absolute atomic E-state index is 8.35. The van der Waals surface area contributed by atoms with Crippen molar-refractivity contribution in [1.29, 1.82) is 5.41 Å². The summed E-state index contributed by atoms with van der Waals surface area (Å²) >= 11 is 0. The molecule has 0 amide bonds. The number of rotatable bonds is 2. The fourth-order valence-electron chi connectivity index (χ4n) is 2.48. The number of hydrogen-bond donors (Lipinski definition) is 2. The van der Waals surface area contributed by atoms with Crippen LogP contribution in [0.25, 0.3) is 10.8 Å². The van der Waals surface area contributed by atoms with Crippen molar-refractivity contribution in [2.45, 2.75) is 6.42 Å². The molecule has 86 valence electrons. The Morgan fingerprint density at radius 1 is 1.35 bits per heavy atom. The third-order valence-corrected chi connectivity index (χ3v) is 3.44. The highest BCUT2D eigenvalue weighted by Crippen LogP contribution is 2.22. The van der Waals surface area contributed by atoms with Crippen LogP contribution in [-0.4, -0.2) is 23.8 Å². The first-order valence-corrected chi connectivity index (χ1v) is 5.98. The first-order valence-electron chi connectivity index (χ1n) is 5.98. The highest BCUT2D eigenvalue weighted by molar-refractivity contribution is 6.10. The molecule has 0 radical (unpaired) electrons. The van der Waals surface area contributed by atoms with Gasteiger partial charge < -0.3 is 10.7 Å². The number of pyridine rings is 1. The molecule has 3 rings (SSSR count). The van der Waals surface area contributed by atoms with Gasteiger partial charge in [-0.15, -0.1) is 0 Å². The third-order valence-electron chi connectivity index (χ3n) is 3.44. The number of benzene rings is 1. The van der Waals surface area contributed by atoms with Crippen LogP contribution in [0, 0.1) is 11.3 Å². The number of hydrogen-bond acceptors (Lipinski definition) is 3. The second-order valence-electron chi connectivity index (χ2n) is 4.51. The van der Waals surface area contributed by atoms with E-state index in [4.69, 9.17) is 5.41 Å². The van der Waals surface area contributed by atoms with Crippen LogP contribution in [0.15, 0.2) is 36.7 Å². The Morgan fingerprint density at radius 2 is 2.29 bits per heavy atom. The van der Waals surface area contributed by atoms with E-state index in [0.29, 0.717) is 5.92 Å². The molecular formula is C14H15N3. The Bertz CT molecular complexity index is 551. The molecule has 2 aromatic rings. The molecule has 2 N–H and O–H groups in total. The van der Waals surface area contributed by atoms with Gasteiger partial charge in [-0.1, -0.05) is 18.2 Å². The van der Waals surface area contributed by atoms with Crippen LogP contribution in [0.4, 0.5) is 0 Å². The molecule has 1 aromatic heterocycles. The molecule has 1 saturated heterocycles. The van der Waals surface area contributed by atoms with E-state index in [-0.39, 0.29) is 0 Å². The van der Waals surface area contributed by atoms with Crippen molar-refractivity contribution in [3.8, 4) is 0 Å². The minimum Gasteiger partial charge on any atom is -0.316 e. The first kappa shape index (κ1) is 10.4. The van der Waals surface area contributed by atoms with Gasteiger partial charge in [0, 0.05) is 41.5 Å². The van der Waals surface area contributed by atoms with Crippen LogP contribution < -0.4 is 5.32 Å². The van der Waals surface area contributed by atoms with E-state index < -0.39 is 0 Å². The predicted molar refractivity (Wildman–Crippen MR) is 69.5 cm³/mol. The first-order chi connectivity index (χ1) is 8.36. The summed E-state index contributed by atoms with van der Waals surface area (Å²) in [7, 11) is 0. The molecule has 3 nitrogen and oxygen atoms in total. The zero-order valence-electron chi connectivity index (χ0n) is 9.61. The number of fused-ring (bicyclic) bond motifs is 1. The van der Waals surface area contributed by atoms with Gasteiger partial charge >= 0.3 is 0 Å². The summed E-state index contributed by atoms with van der Waals surface area (Å²) in [6.07, 6.45) is 4.73. The maximum Gasteiger partial charge on any atom is 0.0436 e. The molecule has 1 fully saturated rings. The van der Waals surface area contributed by atoms with E-state index in [0.717, 1.165) is 41.6 Å². The molecule has 1 atom stereocenters. The van der Waals surface area contributed by atoms with Gasteiger partial charge in [-0.3, -0.25) is 4.98 Å². The Kier molecular flexibility index (Phi) is 2.61. The fourth-order valence-corrected chi connectivity index (χ4v) is 2.48. The van der Waals surface area contributed by atoms with Crippen LogP contribution in [0.2, 0.25) is 0 Å². The van der Waals surface area contributed by atoms with Crippen molar-refractivity contribution in [3.05, 3.63) is 42.2 Å². The van der Waals surface area contributed by atoms with Crippen LogP contribution in [0.1, 0.15) is 12.0 Å². The van der Waals surface area contributed by atoms with Crippen molar-refractivity contribution < 1.29 is 0 Å². The standard InChI is InChI=1S/C14H15N3/c15-14(11-4-6-16-9-11)13-3-1-2-10-8-17-7-5-12(10)13/h1-3,5,7-8,11,15-16H,4,6,9H2. The molecule has 0 spiro atoms. The molecule has 0 bridgehead atoms. The van der Waals surface area contributed by atoms with E-state index in [1.165, 1.54) is 0 Å². The summed E-state index contributed by atoms with van der Waals surface area (Å²) in [5, 5.41) is 13.9. The van der Waals surface area contributed by atoms with Crippen LogP contribution >= 0.6 is 0 Å². The largest absolute Gasteiger partial charge is 0.316 e. The summed E-state index contributed by atoms with van der Waals surface area (Å²) in [6, 6.07) is 8.10. The summed E-state index contributed by atoms with van der Waals surface area (Å²) in [5.41, 5.74) is 1.81. The molecule has 3 heteroatoms. The van der Waals surface area contributed by atoms with E-state index in [1.807, 2.05) is 30.5 Å². The normalized spacial score (nSPS) is 19.6.